The Bertz CT molecular complexity index is 308. The molecule has 4 nitrogen and oxygen atoms in total. The van der Waals surface area contributed by atoms with E-state index in [4.69, 9.17) is 11.5 Å². The molecule has 0 saturated heterocycles. The summed E-state index contributed by atoms with van der Waals surface area (Å²) in [4.78, 5) is 12.9. The first kappa shape index (κ1) is 15.2. The van der Waals surface area contributed by atoms with E-state index >= 15 is 0 Å². The van der Waals surface area contributed by atoms with Crippen LogP contribution >= 0.6 is 0 Å². The normalized spacial score (nSPS) is 29.6. The Morgan fingerprint density at radius 3 is 2.61 bits per heavy atom. The highest BCUT2D eigenvalue weighted by Gasteiger charge is 2.39. The maximum absolute atomic E-state index is 12.1. The van der Waals surface area contributed by atoms with Crippen molar-refractivity contribution in [2.45, 2.75) is 49.9 Å². The summed E-state index contributed by atoms with van der Waals surface area (Å²) in [6, 6.07) is -0.112. The van der Waals surface area contributed by atoms with Gasteiger partial charge in [-0.15, -0.1) is 0 Å². The molecular formula is C11H20F3N3O. The Morgan fingerprint density at radius 2 is 2.11 bits per heavy atom. The molecule has 1 rings (SSSR count). The van der Waals surface area contributed by atoms with E-state index in [2.05, 4.69) is 0 Å². The highest BCUT2D eigenvalue weighted by Crippen LogP contribution is 2.29. The number of hydrogen-bond donors (Lipinski definition) is 2. The van der Waals surface area contributed by atoms with Crippen LogP contribution in [0.1, 0.15) is 32.1 Å². The van der Waals surface area contributed by atoms with Crippen LogP contribution in [0.3, 0.4) is 0 Å². The van der Waals surface area contributed by atoms with Gasteiger partial charge in [0.05, 0.1) is 12.0 Å². The van der Waals surface area contributed by atoms with E-state index in [1.165, 1.54) is 0 Å². The van der Waals surface area contributed by atoms with E-state index in [1.807, 2.05) is 0 Å². The highest BCUT2D eigenvalue weighted by molar-refractivity contribution is 5.84. The molecule has 1 fully saturated rings. The van der Waals surface area contributed by atoms with E-state index in [0.29, 0.717) is 19.3 Å². The molecule has 0 bridgehead atoms. The SMILES string of the molecule is CN(CCC(F)(F)F)C1CCCC(N)(C(N)=O)C1. The summed E-state index contributed by atoms with van der Waals surface area (Å²) in [7, 11) is 1.63. The molecule has 106 valence electrons. The summed E-state index contributed by atoms with van der Waals surface area (Å²) < 4.78 is 36.4. The molecule has 1 aliphatic rings. The first-order valence-electron chi connectivity index (χ1n) is 6.00. The number of rotatable bonds is 4. The number of primary amides is 1. The van der Waals surface area contributed by atoms with Gasteiger partial charge in [-0.25, -0.2) is 0 Å². The lowest BCUT2D eigenvalue weighted by atomic mass is 9.78. The first-order valence-corrected chi connectivity index (χ1v) is 6.00. The summed E-state index contributed by atoms with van der Waals surface area (Å²) in [6.07, 6.45) is -2.72. The zero-order valence-corrected chi connectivity index (χ0v) is 10.5. The quantitative estimate of drug-likeness (QED) is 0.798. The topological polar surface area (TPSA) is 72.3 Å². The number of carbonyl (C=O) groups excluding carboxylic acids is 1. The second kappa shape index (κ2) is 5.44. The monoisotopic (exact) mass is 267 g/mol. The summed E-state index contributed by atoms with van der Waals surface area (Å²) in [6.45, 7) is -0.0803. The van der Waals surface area contributed by atoms with Gasteiger partial charge in [0.2, 0.25) is 5.91 Å². The largest absolute Gasteiger partial charge is 0.390 e. The van der Waals surface area contributed by atoms with Crippen molar-refractivity contribution in [3.05, 3.63) is 0 Å². The molecular weight excluding hydrogens is 247 g/mol. The second-order valence-corrected chi connectivity index (χ2v) is 5.12. The maximum atomic E-state index is 12.1. The number of halogens is 3. The predicted octanol–water partition coefficient (Wildman–Crippen LogP) is 0.996. The van der Waals surface area contributed by atoms with E-state index < -0.39 is 24.0 Å². The van der Waals surface area contributed by atoms with Gasteiger partial charge in [-0.05, 0) is 32.7 Å². The van der Waals surface area contributed by atoms with E-state index in [0.717, 1.165) is 6.42 Å². The third-order valence-electron chi connectivity index (χ3n) is 3.62. The third-order valence-corrected chi connectivity index (χ3v) is 3.62. The minimum Gasteiger partial charge on any atom is -0.368 e. The molecule has 2 atom stereocenters. The number of nitrogens with zero attached hydrogens (tertiary/aromatic N) is 1. The lowest BCUT2D eigenvalue weighted by molar-refractivity contribution is -0.139. The zero-order chi connectivity index (χ0) is 14.0. The van der Waals surface area contributed by atoms with Crippen molar-refractivity contribution in [3.63, 3.8) is 0 Å². The minimum atomic E-state index is -4.16. The van der Waals surface area contributed by atoms with Gasteiger partial charge in [0.1, 0.15) is 0 Å². The summed E-state index contributed by atoms with van der Waals surface area (Å²) in [5.74, 6) is -0.573. The maximum Gasteiger partial charge on any atom is 0.390 e. The van der Waals surface area contributed by atoms with Crippen LogP contribution < -0.4 is 11.5 Å². The molecule has 0 aliphatic heterocycles. The van der Waals surface area contributed by atoms with Crippen molar-refractivity contribution < 1.29 is 18.0 Å². The Balaban J connectivity index is 2.53. The second-order valence-electron chi connectivity index (χ2n) is 5.12. The van der Waals surface area contributed by atoms with Crippen molar-refractivity contribution in [1.82, 2.24) is 4.90 Å². The lowest BCUT2D eigenvalue weighted by Gasteiger charge is -2.39. The van der Waals surface area contributed by atoms with Crippen LogP contribution in [-0.2, 0) is 4.79 Å². The van der Waals surface area contributed by atoms with E-state index in [9.17, 15) is 18.0 Å². The number of nitrogens with two attached hydrogens (primary N) is 2. The van der Waals surface area contributed by atoms with E-state index in [1.54, 1.807) is 11.9 Å². The van der Waals surface area contributed by atoms with Crippen molar-refractivity contribution in [1.29, 1.82) is 0 Å². The molecule has 0 aromatic rings. The van der Waals surface area contributed by atoms with Gasteiger partial charge in [-0.3, -0.25) is 4.79 Å². The Kier molecular flexibility index (Phi) is 4.61. The molecule has 0 aromatic heterocycles. The Hall–Kier alpha value is -0.820. The fraction of sp³-hybridized carbons (Fsp3) is 0.909. The van der Waals surface area contributed by atoms with Crippen LogP contribution in [0.25, 0.3) is 0 Å². The van der Waals surface area contributed by atoms with Crippen LogP contribution in [0.4, 0.5) is 13.2 Å². The van der Waals surface area contributed by atoms with Crippen LogP contribution in [0, 0.1) is 0 Å². The van der Waals surface area contributed by atoms with Crippen molar-refractivity contribution in [2.75, 3.05) is 13.6 Å². The molecule has 7 heteroatoms. The van der Waals surface area contributed by atoms with Crippen LogP contribution in [0.15, 0.2) is 0 Å². The molecule has 0 aromatic carbocycles. The molecule has 18 heavy (non-hydrogen) atoms. The summed E-state index contributed by atoms with van der Waals surface area (Å²) in [5, 5.41) is 0. The molecule has 4 N–H and O–H groups in total. The standard InChI is InChI=1S/C11H20F3N3O/c1-17(6-5-11(12,13)14)8-3-2-4-10(16,7-8)9(15)18/h8H,2-7,16H2,1H3,(H2,15,18). The molecule has 0 spiro atoms. The van der Waals surface area contributed by atoms with Gasteiger partial charge in [0.15, 0.2) is 0 Å². The van der Waals surface area contributed by atoms with Gasteiger partial charge < -0.3 is 16.4 Å². The highest BCUT2D eigenvalue weighted by atomic mass is 19.4. The number of amides is 1. The molecule has 1 amide bonds. The summed E-state index contributed by atoms with van der Waals surface area (Å²) in [5.41, 5.74) is 10.1. The summed E-state index contributed by atoms with van der Waals surface area (Å²) >= 11 is 0. The fourth-order valence-corrected chi connectivity index (χ4v) is 2.36. The van der Waals surface area contributed by atoms with E-state index in [-0.39, 0.29) is 12.6 Å². The van der Waals surface area contributed by atoms with Gasteiger partial charge >= 0.3 is 6.18 Å². The Labute approximate surface area is 104 Å². The predicted molar refractivity (Wildman–Crippen MR) is 61.7 cm³/mol. The van der Waals surface area contributed by atoms with Gasteiger partial charge in [-0.1, -0.05) is 0 Å². The van der Waals surface area contributed by atoms with Gasteiger partial charge in [-0.2, -0.15) is 13.2 Å². The van der Waals surface area contributed by atoms with Crippen LogP contribution in [0.2, 0.25) is 0 Å². The lowest BCUT2D eigenvalue weighted by Crippen LogP contribution is -2.58. The first-order chi connectivity index (χ1) is 8.14. The molecule has 1 aliphatic carbocycles. The molecule has 1 saturated carbocycles. The third kappa shape index (κ3) is 4.13. The molecule has 0 heterocycles. The van der Waals surface area contributed by atoms with Crippen molar-refractivity contribution in [2.24, 2.45) is 11.5 Å². The molecule has 0 radical (unpaired) electrons. The van der Waals surface area contributed by atoms with Gasteiger partial charge in [0.25, 0.3) is 0 Å². The van der Waals surface area contributed by atoms with Gasteiger partial charge in [0, 0.05) is 12.6 Å². The molecule has 2 unspecified atom stereocenters. The number of alkyl halides is 3. The van der Waals surface area contributed by atoms with Crippen molar-refractivity contribution >= 4 is 5.91 Å². The van der Waals surface area contributed by atoms with Crippen LogP contribution in [0.5, 0.6) is 0 Å². The number of carbonyl (C=O) groups is 1. The minimum absolute atomic E-state index is 0.0803. The number of hydrogen-bond acceptors (Lipinski definition) is 3. The average Bonchev–Trinajstić information content (AvgIpc) is 2.24. The Morgan fingerprint density at radius 1 is 1.50 bits per heavy atom. The average molecular weight is 267 g/mol. The zero-order valence-electron chi connectivity index (χ0n) is 10.5. The van der Waals surface area contributed by atoms with Crippen LogP contribution in [-0.4, -0.2) is 42.2 Å². The smallest absolute Gasteiger partial charge is 0.368 e. The van der Waals surface area contributed by atoms with Crippen molar-refractivity contribution in [3.8, 4) is 0 Å². The fourth-order valence-electron chi connectivity index (χ4n) is 2.36.